The van der Waals surface area contributed by atoms with Gasteiger partial charge in [-0.15, -0.1) is 12.4 Å². The summed E-state index contributed by atoms with van der Waals surface area (Å²) in [6.45, 7) is 0.557. The van der Waals surface area contributed by atoms with Gasteiger partial charge in [0.15, 0.2) is 9.84 Å². The quantitative estimate of drug-likeness (QED) is 0.789. The highest BCUT2D eigenvalue weighted by molar-refractivity contribution is 7.91. The fourth-order valence-corrected chi connectivity index (χ4v) is 4.27. The van der Waals surface area contributed by atoms with Crippen LogP contribution in [0.3, 0.4) is 0 Å². The minimum Gasteiger partial charge on any atom is -0.378 e. The Labute approximate surface area is 136 Å². The third kappa shape index (κ3) is 4.67. The smallest absolute Gasteiger partial charge is 0.251 e. The van der Waals surface area contributed by atoms with Crippen molar-refractivity contribution in [1.29, 1.82) is 0 Å². The molecule has 124 valence electrons. The molecule has 0 saturated carbocycles. The monoisotopic (exact) mass is 348 g/mol. The molecule has 0 unspecified atom stereocenters. The number of carbonyl (C=O) groups excluding carboxylic acids is 1. The fraction of sp³-hybridized carbons (Fsp3) is 0.500. The van der Waals surface area contributed by atoms with Crippen molar-refractivity contribution in [2.45, 2.75) is 18.6 Å². The molecule has 1 fully saturated rings. The Balaban J connectivity index is 0.00000242. The first-order chi connectivity index (χ1) is 9.95. The molecule has 8 heteroatoms. The number of amides is 1. The van der Waals surface area contributed by atoms with Crippen molar-refractivity contribution in [2.75, 3.05) is 25.2 Å². The molecule has 3 N–H and O–H groups in total. The Morgan fingerprint density at radius 3 is 2.50 bits per heavy atom. The predicted molar refractivity (Wildman–Crippen MR) is 87.2 cm³/mol. The van der Waals surface area contributed by atoms with Gasteiger partial charge < -0.3 is 15.8 Å². The van der Waals surface area contributed by atoms with Crippen molar-refractivity contribution in [1.82, 2.24) is 5.32 Å². The normalized spacial score (nSPS) is 22.8. The van der Waals surface area contributed by atoms with Crippen LogP contribution in [0.2, 0.25) is 0 Å². The van der Waals surface area contributed by atoms with E-state index >= 15 is 0 Å². The molecule has 1 aliphatic rings. The average molecular weight is 349 g/mol. The first-order valence-corrected chi connectivity index (χ1v) is 8.60. The van der Waals surface area contributed by atoms with Gasteiger partial charge in [-0.05, 0) is 30.7 Å². The molecule has 1 heterocycles. The molecule has 1 aromatic rings. The molecular weight excluding hydrogens is 328 g/mol. The summed E-state index contributed by atoms with van der Waals surface area (Å²) < 4.78 is 28.3. The van der Waals surface area contributed by atoms with E-state index in [0.29, 0.717) is 12.1 Å². The Bertz CT molecular complexity index is 604. The molecule has 0 bridgehead atoms. The first kappa shape index (κ1) is 18.9. The number of benzene rings is 1. The van der Waals surface area contributed by atoms with E-state index in [1.54, 1.807) is 12.1 Å². The van der Waals surface area contributed by atoms with E-state index in [1.165, 1.54) is 7.11 Å². The third-order valence-electron chi connectivity index (χ3n) is 3.57. The second-order valence-electron chi connectivity index (χ2n) is 5.17. The second-order valence-corrected chi connectivity index (χ2v) is 7.32. The van der Waals surface area contributed by atoms with Crippen LogP contribution in [0, 0.1) is 0 Å². The highest BCUT2D eigenvalue weighted by Gasteiger charge is 2.38. The summed E-state index contributed by atoms with van der Waals surface area (Å²) >= 11 is 0. The van der Waals surface area contributed by atoms with Crippen LogP contribution in [0.5, 0.6) is 0 Å². The van der Waals surface area contributed by atoms with E-state index in [-0.39, 0.29) is 29.8 Å². The van der Waals surface area contributed by atoms with E-state index in [1.807, 2.05) is 12.1 Å². The number of hydrogen-bond acceptors (Lipinski definition) is 5. The summed E-state index contributed by atoms with van der Waals surface area (Å²) in [5.74, 6) is -0.426. The van der Waals surface area contributed by atoms with Crippen molar-refractivity contribution < 1.29 is 17.9 Å². The molecule has 1 aliphatic heterocycles. The number of hydrogen-bond donors (Lipinski definition) is 2. The molecule has 2 rings (SSSR count). The standard InChI is InChI=1S/C14H20N2O4S.ClH/c1-20-13-9-21(18,19)8-12(13)16-14(17)11-4-2-10(3-5-11)6-7-15;/h2-5,12-13H,6-9,15H2,1H3,(H,16,17);1H/t12-,13-;/m1./s1. The van der Waals surface area contributed by atoms with Crippen molar-refractivity contribution in [3.63, 3.8) is 0 Å². The SMILES string of the molecule is CO[C@@H]1CS(=O)(=O)C[C@H]1NC(=O)c1ccc(CCN)cc1.Cl. The molecular formula is C14H21ClN2O4S. The number of halogens is 1. The van der Waals surface area contributed by atoms with E-state index < -0.39 is 22.0 Å². The van der Waals surface area contributed by atoms with Crippen LogP contribution in [-0.4, -0.2) is 51.6 Å². The third-order valence-corrected chi connectivity index (χ3v) is 5.27. The summed E-state index contributed by atoms with van der Waals surface area (Å²) in [6.07, 6.45) is 0.268. The fourth-order valence-electron chi connectivity index (χ4n) is 2.42. The van der Waals surface area contributed by atoms with Gasteiger partial charge in [0.2, 0.25) is 0 Å². The summed E-state index contributed by atoms with van der Waals surface area (Å²) in [4.78, 5) is 12.2. The summed E-state index contributed by atoms with van der Waals surface area (Å²) in [7, 11) is -1.70. The van der Waals surface area contributed by atoms with Gasteiger partial charge in [-0.25, -0.2) is 8.42 Å². The zero-order chi connectivity index (χ0) is 15.5. The predicted octanol–water partition coefficient (Wildman–Crippen LogP) is 0.151. The lowest BCUT2D eigenvalue weighted by atomic mass is 10.1. The van der Waals surface area contributed by atoms with Crippen LogP contribution >= 0.6 is 12.4 Å². The van der Waals surface area contributed by atoms with E-state index in [9.17, 15) is 13.2 Å². The van der Waals surface area contributed by atoms with Gasteiger partial charge in [-0.3, -0.25) is 4.79 Å². The molecule has 22 heavy (non-hydrogen) atoms. The van der Waals surface area contributed by atoms with Crippen LogP contribution in [0.25, 0.3) is 0 Å². The lowest BCUT2D eigenvalue weighted by molar-refractivity contribution is 0.0786. The zero-order valence-corrected chi connectivity index (χ0v) is 14.0. The van der Waals surface area contributed by atoms with E-state index in [0.717, 1.165) is 12.0 Å². The Kier molecular flexibility index (Phi) is 6.80. The Hall–Kier alpha value is -1.15. The summed E-state index contributed by atoms with van der Waals surface area (Å²) in [5, 5.41) is 2.74. The van der Waals surface area contributed by atoms with Gasteiger partial charge in [0.25, 0.3) is 5.91 Å². The average Bonchev–Trinajstić information content (AvgIpc) is 2.74. The minimum absolute atomic E-state index is 0. The highest BCUT2D eigenvalue weighted by Crippen LogP contribution is 2.16. The number of carbonyl (C=O) groups is 1. The number of nitrogens with one attached hydrogen (secondary N) is 1. The molecule has 0 aliphatic carbocycles. The van der Waals surface area contributed by atoms with E-state index in [2.05, 4.69) is 5.32 Å². The lowest BCUT2D eigenvalue weighted by Crippen LogP contribution is -2.43. The number of ether oxygens (including phenoxy) is 1. The van der Waals surface area contributed by atoms with Crippen LogP contribution < -0.4 is 11.1 Å². The first-order valence-electron chi connectivity index (χ1n) is 6.78. The number of nitrogens with two attached hydrogens (primary N) is 1. The molecule has 2 atom stereocenters. The van der Waals surface area contributed by atoms with Crippen molar-refractivity contribution in [2.24, 2.45) is 5.73 Å². The van der Waals surface area contributed by atoms with E-state index in [4.69, 9.17) is 10.5 Å². The zero-order valence-electron chi connectivity index (χ0n) is 12.3. The van der Waals surface area contributed by atoms with Crippen LogP contribution in [0.1, 0.15) is 15.9 Å². The maximum absolute atomic E-state index is 12.2. The largest absolute Gasteiger partial charge is 0.378 e. The summed E-state index contributed by atoms with van der Waals surface area (Å²) in [6, 6.07) is 6.62. The van der Waals surface area contributed by atoms with Crippen LogP contribution in [0.4, 0.5) is 0 Å². The van der Waals surface area contributed by atoms with Gasteiger partial charge in [0.1, 0.15) is 0 Å². The number of methoxy groups -OCH3 is 1. The Morgan fingerprint density at radius 1 is 1.32 bits per heavy atom. The molecule has 6 nitrogen and oxygen atoms in total. The molecule has 0 aromatic heterocycles. The lowest BCUT2D eigenvalue weighted by Gasteiger charge is -2.18. The van der Waals surface area contributed by atoms with Crippen molar-refractivity contribution >= 4 is 28.2 Å². The maximum atomic E-state index is 12.2. The molecule has 1 saturated heterocycles. The molecule has 1 amide bonds. The van der Waals surface area contributed by atoms with Gasteiger partial charge >= 0.3 is 0 Å². The van der Waals surface area contributed by atoms with Crippen LogP contribution in [0.15, 0.2) is 24.3 Å². The highest BCUT2D eigenvalue weighted by atomic mass is 35.5. The molecule has 0 spiro atoms. The minimum atomic E-state index is -3.15. The van der Waals surface area contributed by atoms with Crippen molar-refractivity contribution in [3.05, 3.63) is 35.4 Å². The van der Waals surface area contributed by atoms with Gasteiger partial charge in [-0.2, -0.15) is 0 Å². The van der Waals surface area contributed by atoms with Gasteiger partial charge in [0.05, 0.1) is 23.7 Å². The Morgan fingerprint density at radius 2 is 1.95 bits per heavy atom. The number of rotatable bonds is 5. The van der Waals surface area contributed by atoms with Crippen molar-refractivity contribution in [3.8, 4) is 0 Å². The summed E-state index contributed by atoms with van der Waals surface area (Å²) in [5.41, 5.74) is 7.03. The molecule has 1 aromatic carbocycles. The number of sulfone groups is 1. The van der Waals surface area contributed by atoms with Gasteiger partial charge in [0, 0.05) is 12.7 Å². The second kappa shape index (κ2) is 7.92. The maximum Gasteiger partial charge on any atom is 0.251 e. The van der Waals surface area contributed by atoms with Gasteiger partial charge in [-0.1, -0.05) is 12.1 Å². The molecule has 0 radical (unpaired) electrons. The topological polar surface area (TPSA) is 98.5 Å². The van der Waals surface area contributed by atoms with Crippen LogP contribution in [-0.2, 0) is 21.0 Å².